The highest BCUT2D eigenvalue weighted by Gasteiger charge is 2.15. The highest BCUT2D eigenvalue weighted by molar-refractivity contribution is 5.71. The van der Waals surface area contributed by atoms with Gasteiger partial charge < -0.3 is 4.74 Å². The van der Waals surface area contributed by atoms with Crippen LogP contribution in [-0.4, -0.2) is 12.1 Å². The summed E-state index contributed by atoms with van der Waals surface area (Å²) < 4.78 is 5.42. The molecule has 0 aromatic carbocycles. The van der Waals surface area contributed by atoms with Crippen LogP contribution in [0.1, 0.15) is 59.8 Å². The van der Waals surface area contributed by atoms with Crippen molar-refractivity contribution in [3.05, 3.63) is 0 Å². The van der Waals surface area contributed by atoms with Gasteiger partial charge in [-0.05, 0) is 12.8 Å². The van der Waals surface area contributed by atoms with Crippen LogP contribution in [0.4, 0.5) is 0 Å². The molecular formula is C12H24O2. The number of carbonyl (C=O) groups is 1. The molecule has 0 fully saturated rings. The molecule has 0 saturated heterocycles. The van der Waals surface area contributed by atoms with Gasteiger partial charge in [0.25, 0.3) is 0 Å². The SMILES string of the molecule is CCCCC(CCC)OC(=O)C(C)C. The fraction of sp³-hybridized carbons (Fsp3) is 0.917. The molecule has 84 valence electrons. The maximum absolute atomic E-state index is 11.4. The van der Waals surface area contributed by atoms with E-state index >= 15 is 0 Å². The predicted molar refractivity (Wildman–Crippen MR) is 59.2 cm³/mol. The minimum atomic E-state index is -0.0560. The molecule has 0 aliphatic rings. The zero-order valence-corrected chi connectivity index (χ0v) is 10.0. The van der Waals surface area contributed by atoms with Crippen LogP contribution in [-0.2, 0) is 9.53 Å². The van der Waals surface area contributed by atoms with Gasteiger partial charge in [0.1, 0.15) is 6.10 Å². The Balaban J connectivity index is 3.88. The van der Waals surface area contributed by atoms with Crippen molar-refractivity contribution >= 4 is 5.97 Å². The summed E-state index contributed by atoms with van der Waals surface area (Å²) in [6, 6.07) is 0. The van der Waals surface area contributed by atoms with E-state index < -0.39 is 0 Å². The zero-order chi connectivity index (χ0) is 11.0. The molecular weight excluding hydrogens is 176 g/mol. The van der Waals surface area contributed by atoms with Crippen molar-refractivity contribution in [2.45, 2.75) is 65.9 Å². The van der Waals surface area contributed by atoms with E-state index in [9.17, 15) is 4.79 Å². The Labute approximate surface area is 88.0 Å². The third-order valence-corrected chi connectivity index (χ3v) is 2.24. The van der Waals surface area contributed by atoms with Crippen LogP contribution in [0.2, 0.25) is 0 Å². The summed E-state index contributed by atoms with van der Waals surface area (Å²) in [5, 5.41) is 0. The predicted octanol–water partition coefficient (Wildman–Crippen LogP) is 3.54. The standard InChI is InChI=1S/C12H24O2/c1-5-7-9-11(8-6-2)14-12(13)10(3)4/h10-11H,5-9H2,1-4H3. The Kier molecular flexibility index (Phi) is 7.54. The lowest BCUT2D eigenvalue weighted by molar-refractivity contribution is -0.153. The van der Waals surface area contributed by atoms with E-state index in [0.29, 0.717) is 0 Å². The van der Waals surface area contributed by atoms with Gasteiger partial charge in [-0.1, -0.05) is 47.0 Å². The van der Waals surface area contributed by atoms with Crippen molar-refractivity contribution in [1.29, 1.82) is 0 Å². The van der Waals surface area contributed by atoms with Crippen molar-refractivity contribution in [2.24, 2.45) is 5.92 Å². The van der Waals surface area contributed by atoms with Gasteiger partial charge >= 0.3 is 5.97 Å². The Morgan fingerprint density at radius 1 is 1.14 bits per heavy atom. The van der Waals surface area contributed by atoms with Crippen LogP contribution in [0.25, 0.3) is 0 Å². The van der Waals surface area contributed by atoms with Crippen molar-refractivity contribution in [3.8, 4) is 0 Å². The molecule has 14 heavy (non-hydrogen) atoms. The van der Waals surface area contributed by atoms with Crippen molar-refractivity contribution in [1.82, 2.24) is 0 Å². The second-order valence-corrected chi connectivity index (χ2v) is 4.14. The van der Waals surface area contributed by atoms with E-state index in [0.717, 1.165) is 25.7 Å². The number of hydrogen-bond acceptors (Lipinski definition) is 2. The fourth-order valence-corrected chi connectivity index (χ4v) is 1.32. The highest BCUT2D eigenvalue weighted by Crippen LogP contribution is 2.13. The minimum absolute atomic E-state index is 0.00372. The zero-order valence-electron chi connectivity index (χ0n) is 10.0. The van der Waals surface area contributed by atoms with Gasteiger partial charge in [-0.3, -0.25) is 4.79 Å². The van der Waals surface area contributed by atoms with Gasteiger partial charge in [0, 0.05) is 0 Å². The third-order valence-electron chi connectivity index (χ3n) is 2.24. The van der Waals surface area contributed by atoms with Gasteiger partial charge in [0.05, 0.1) is 5.92 Å². The fourth-order valence-electron chi connectivity index (χ4n) is 1.32. The number of unbranched alkanes of at least 4 members (excludes halogenated alkanes) is 1. The molecule has 0 heterocycles. The van der Waals surface area contributed by atoms with Crippen molar-refractivity contribution in [2.75, 3.05) is 0 Å². The molecule has 1 unspecified atom stereocenters. The molecule has 0 rings (SSSR count). The minimum Gasteiger partial charge on any atom is -0.462 e. The lowest BCUT2D eigenvalue weighted by atomic mass is 10.1. The Morgan fingerprint density at radius 3 is 2.21 bits per heavy atom. The van der Waals surface area contributed by atoms with Crippen molar-refractivity contribution in [3.63, 3.8) is 0 Å². The molecule has 0 aliphatic carbocycles. The molecule has 0 saturated carbocycles. The van der Waals surface area contributed by atoms with E-state index in [1.165, 1.54) is 6.42 Å². The Morgan fingerprint density at radius 2 is 1.79 bits per heavy atom. The monoisotopic (exact) mass is 200 g/mol. The molecule has 0 aromatic rings. The van der Waals surface area contributed by atoms with Crippen LogP contribution < -0.4 is 0 Å². The normalized spacial score (nSPS) is 12.9. The molecule has 0 N–H and O–H groups in total. The number of ether oxygens (including phenoxy) is 1. The van der Waals surface area contributed by atoms with Crippen molar-refractivity contribution < 1.29 is 9.53 Å². The number of rotatable bonds is 7. The van der Waals surface area contributed by atoms with Crippen LogP contribution >= 0.6 is 0 Å². The quantitative estimate of drug-likeness (QED) is 0.587. The van der Waals surface area contributed by atoms with Crippen LogP contribution in [0.3, 0.4) is 0 Å². The Hall–Kier alpha value is -0.530. The van der Waals surface area contributed by atoms with E-state index in [1.54, 1.807) is 0 Å². The summed E-state index contributed by atoms with van der Waals surface area (Å²) in [7, 11) is 0. The first kappa shape index (κ1) is 13.5. The summed E-state index contributed by atoms with van der Waals surface area (Å²) in [5.74, 6) is -0.0597. The second-order valence-electron chi connectivity index (χ2n) is 4.14. The summed E-state index contributed by atoms with van der Waals surface area (Å²) in [6.07, 6.45) is 5.56. The smallest absolute Gasteiger partial charge is 0.308 e. The van der Waals surface area contributed by atoms with Crippen LogP contribution in [0.5, 0.6) is 0 Å². The molecule has 2 nitrogen and oxygen atoms in total. The van der Waals surface area contributed by atoms with Gasteiger partial charge in [0.15, 0.2) is 0 Å². The average Bonchev–Trinajstić information content (AvgIpc) is 2.14. The first-order valence-corrected chi connectivity index (χ1v) is 5.82. The Bertz CT molecular complexity index is 152. The summed E-state index contributed by atoms with van der Waals surface area (Å²) in [4.78, 5) is 11.4. The van der Waals surface area contributed by atoms with Gasteiger partial charge in [-0.15, -0.1) is 0 Å². The lowest BCUT2D eigenvalue weighted by Crippen LogP contribution is -2.21. The first-order valence-electron chi connectivity index (χ1n) is 5.82. The topological polar surface area (TPSA) is 26.3 Å². The number of hydrogen-bond donors (Lipinski definition) is 0. The van der Waals surface area contributed by atoms with E-state index in [-0.39, 0.29) is 18.0 Å². The third kappa shape index (κ3) is 6.01. The molecule has 0 aliphatic heterocycles. The van der Waals surface area contributed by atoms with Crippen LogP contribution in [0.15, 0.2) is 0 Å². The van der Waals surface area contributed by atoms with Gasteiger partial charge in [0.2, 0.25) is 0 Å². The first-order chi connectivity index (χ1) is 6.61. The average molecular weight is 200 g/mol. The van der Waals surface area contributed by atoms with E-state index in [2.05, 4.69) is 13.8 Å². The van der Waals surface area contributed by atoms with E-state index in [1.807, 2.05) is 13.8 Å². The molecule has 0 spiro atoms. The molecule has 0 bridgehead atoms. The van der Waals surface area contributed by atoms with E-state index in [4.69, 9.17) is 4.74 Å². The molecule has 1 atom stereocenters. The summed E-state index contributed by atoms with van der Waals surface area (Å²) in [6.45, 7) is 8.05. The van der Waals surface area contributed by atoms with Gasteiger partial charge in [-0.2, -0.15) is 0 Å². The number of esters is 1. The summed E-state index contributed by atoms with van der Waals surface area (Å²) >= 11 is 0. The summed E-state index contributed by atoms with van der Waals surface area (Å²) in [5.41, 5.74) is 0. The second kappa shape index (κ2) is 7.84. The molecule has 0 radical (unpaired) electrons. The maximum atomic E-state index is 11.4. The van der Waals surface area contributed by atoms with Gasteiger partial charge in [-0.25, -0.2) is 0 Å². The highest BCUT2D eigenvalue weighted by atomic mass is 16.5. The lowest BCUT2D eigenvalue weighted by Gasteiger charge is -2.18. The largest absolute Gasteiger partial charge is 0.462 e. The molecule has 0 aromatic heterocycles. The molecule has 2 heteroatoms. The van der Waals surface area contributed by atoms with Crippen LogP contribution in [0, 0.1) is 5.92 Å². The number of carbonyl (C=O) groups excluding carboxylic acids is 1. The molecule has 0 amide bonds. The maximum Gasteiger partial charge on any atom is 0.308 e.